The zero-order valence-corrected chi connectivity index (χ0v) is 12.6. The van der Waals surface area contributed by atoms with Crippen molar-refractivity contribution < 1.29 is 44.5 Å². The zero-order chi connectivity index (χ0) is 18.3. The fourth-order valence-corrected chi connectivity index (χ4v) is 2.57. The van der Waals surface area contributed by atoms with E-state index in [4.69, 9.17) is 19.0 Å². The van der Waals surface area contributed by atoms with Crippen molar-refractivity contribution in [2.24, 2.45) is 0 Å². The second kappa shape index (κ2) is 6.50. The fourth-order valence-electron chi connectivity index (χ4n) is 2.57. The molecular formula is C15H16O10. The van der Waals surface area contributed by atoms with Crippen molar-refractivity contribution >= 4 is 11.0 Å². The number of rotatable bonds is 3. The Kier molecular flexibility index (Phi) is 4.54. The van der Waals surface area contributed by atoms with Crippen molar-refractivity contribution in [3.8, 4) is 17.2 Å². The number of aliphatic hydroxyl groups is 4. The lowest BCUT2D eigenvalue weighted by atomic mass is 9.99. The number of hydrogen-bond donors (Lipinski definition) is 6. The summed E-state index contributed by atoms with van der Waals surface area (Å²) < 4.78 is 15.5. The number of aromatic hydroxyl groups is 2. The van der Waals surface area contributed by atoms with Gasteiger partial charge in [-0.05, 0) is 0 Å². The maximum atomic E-state index is 12.4. The molecule has 10 heteroatoms. The summed E-state index contributed by atoms with van der Waals surface area (Å²) in [4.78, 5) is 12.4. The third kappa shape index (κ3) is 3.01. The first-order valence-electron chi connectivity index (χ1n) is 7.28. The molecule has 3 rings (SSSR count). The lowest BCUT2D eigenvalue weighted by Crippen LogP contribution is -2.60. The first kappa shape index (κ1) is 17.5. The summed E-state index contributed by atoms with van der Waals surface area (Å²) in [7, 11) is 0. The van der Waals surface area contributed by atoms with Gasteiger partial charge in [0, 0.05) is 12.1 Å². The molecule has 25 heavy (non-hydrogen) atoms. The van der Waals surface area contributed by atoms with Gasteiger partial charge in [0.1, 0.15) is 53.1 Å². The molecule has 6 N–H and O–H groups in total. The smallest absolute Gasteiger partial charge is 0.238 e. The normalized spacial score (nSPS) is 29.7. The van der Waals surface area contributed by atoms with E-state index in [1.165, 1.54) is 0 Å². The molecule has 1 aromatic heterocycles. The molecule has 0 amide bonds. The molecule has 1 aromatic carbocycles. The van der Waals surface area contributed by atoms with Crippen molar-refractivity contribution in [3.63, 3.8) is 0 Å². The topological polar surface area (TPSA) is 170 Å². The summed E-state index contributed by atoms with van der Waals surface area (Å²) in [6.07, 6.45) is -6.85. The highest BCUT2D eigenvalue weighted by Crippen LogP contribution is 2.30. The predicted molar refractivity (Wildman–Crippen MR) is 80.2 cm³/mol. The summed E-state index contributed by atoms with van der Waals surface area (Å²) in [6, 6.07) is 2.06. The van der Waals surface area contributed by atoms with Crippen LogP contribution in [0.15, 0.2) is 27.6 Å². The number of ether oxygens (including phenoxy) is 2. The maximum absolute atomic E-state index is 12.4. The quantitative estimate of drug-likeness (QED) is 0.376. The molecule has 1 fully saturated rings. The molecule has 10 nitrogen and oxygen atoms in total. The van der Waals surface area contributed by atoms with Gasteiger partial charge in [-0.1, -0.05) is 0 Å². The van der Waals surface area contributed by atoms with Crippen LogP contribution in [0.25, 0.3) is 11.0 Å². The zero-order valence-electron chi connectivity index (χ0n) is 12.6. The van der Waals surface area contributed by atoms with Crippen LogP contribution in [0.2, 0.25) is 0 Å². The van der Waals surface area contributed by atoms with Crippen molar-refractivity contribution in [2.75, 3.05) is 6.61 Å². The van der Waals surface area contributed by atoms with E-state index in [0.29, 0.717) is 0 Å². The van der Waals surface area contributed by atoms with Gasteiger partial charge >= 0.3 is 0 Å². The van der Waals surface area contributed by atoms with E-state index in [2.05, 4.69) is 0 Å². The van der Waals surface area contributed by atoms with Gasteiger partial charge in [-0.25, -0.2) is 0 Å². The first-order chi connectivity index (χ1) is 11.8. The number of benzene rings is 1. The van der Waals surface area contributed by atoms with Crippen LogP contribution in [0, 0.1) is 0 Å². The van der Waals surface area contributed by atoms with Gasteiger partial charge in [0.15, 0.2) is 0 Å². The standard InChI is InChI=1S/C15H16O10/c16-3-8-12(20)13(21)14(22)15(24-8)25-9-4-23-7-2-5(17)1-6(18)10(7)11(9)19/h1-2,4,8,12-18,20-22H,3H2/t8-,12-,13+,14-,15+/m1/s1. The average Bonchev–Trinajstić information content (AvgIpc) is 2.57. The summed E-state index contributed by atoms with van der Waals surface area (Å²) in [5, 5.41) is 57.4. The van der Waals surface area contributed by atoms with Gasteiger partial charge in [0.25, 0.3) is 0 Å². The van der Waals surface area contributed by atoms with E-state index in [1.54, 1.807) is 0 Å². The molecule has 5 atom stereocenters. The van der Waals surface area contributed by atoms with E-state index in [-0.39, 0.29) is 16.7 Å². The minimum absolute atomic E-state index is 0.0938. The number of fused-ring (bicyclic) bond motifs is 1. The molecule has 2 heterocycles. The van der Waals surface area contributed by atoms with Gasteiger partial charge in [-0.3, -0.25) is 4.79 Å². The average molecular weight is 356 g/mol. The summed E-state index contributed by atoms with van der Waals surface area (Å²) >= 11 is 0. The molecule has 0 unspecified atom stereocenters. The minimum atomic E-state index is -1.71. The molecule has 0 saturated carbocycles. The monoisotopic (exact) mass is 356 g/mol. The summed E-state index contributed by atoms with van der Waals surface area (Å²) in [5.41, 5.74) is -0.903. The Labute approximate surface area is 139 Å². The van der Waals surface area contributed by atoms with E-state index in [9.17, 15) is 30.3 Å². The fraction of sp³-hybridized carbons (Fsp3) is 0.400. The van der Waals surface area contributed by atoms with Crippen LogP contribution >= 0.6 is 0 Å². The molecule has 0 spiro atoms. The van der Waals surface area contributed by atoms with Crippen molar-refractivity contribution in [1.82, 2.24) is 0 Å². The van der Waals surface area contributed by atoms with Gasteiger partial charge in [-0.2, -0.15) is 0 Å². The Bertz CT molecular complexity index is 829. The van der Waals surface area contributed by atoms with Crippen LogP contribution in [-0.2, 0) is 4.74 Å². The Balaban J connectivity index is 1.95. The number of phenolic OH excluding ortho intramolecular Hbond substituents is 2. The molecule has 0 radical (unpaired) electrons. The summed E-state index contributed by atoms with van der Waals surface area (Å²) in [6.45, 7) is -0.656. The minimum Gasteiger partial charge on any atom is -0.508 e. The van der Waals surface area contributed by atoms with E-state index in [1.807, 2.05) is 0 Å². The van der Waals surface area contributed by atoms with E-state index in [0.717, 1.165) is 18.4 Å². The SMILES string of the molecule is O=c1c(O[C@@H]2O[C@H](CO)[C@@H](O)[C@H](O)[C@H]2O)coc2cc(O)cc(O)c12. The highest BCUT2D eigenvalue weighted by atomic mass is 16.7. The Morgan fingerprint density at radius 1 is 1.08 bits per heavy atom. The van der Waals surface area contributed by atoms with Gasteiger partial charge in [-0.15, -0.1) is 0 Å². The lowest BCUT2D eigenvalue weighted by molar-refractivity contribution is -0.277. The third-order valence-corrected chi connectivity index (χ3v) is 3.90. The molecule has 1 aliphatic heterocycles. The van der Waals surface area contributed by atoms with Crippen LogP contribution in [0.3, 0.4) is 0 Å². The van der Waals surface area contributed by atoms with Gasteiger partial charge < -0.3 is 44.5 Å². The molecular weight excluding hydrogens is 340 g/mol. The van der Waals surface area contributed by atoms with E-state index < -0.39 is 54.2 Å². The Morgan fingerprint density at radius 3 is 2.48 bits per heavy atom. The molecule has 0 bridgehead atoms. The third-order valence-electron chi connectivity index (χ3n) is 3.90. The maximum Gasteiger partial charge on any atom is 0.238 e. The Hall–Kier alpha value is -2.37. The van der Waals surface area contributed by atoms with Crippen molar-refractivity contribution in [2.45, 2.75) is 30.7 Å². The second-order valence-corrected chi connectivity index (χ2v) is 5.58. The molecule has 136 valence electrons. The number of hydrogen-bond acceptors (Lipinski definition) is 10. The number of aliphatic hydroxyl groups excluding tert-OH is 4. The molecule has 2 aromatic rings. The van der Waals surface area contributed by atoms with Gasteiger partial charge in [0.05, 0.1) is 6.61 Å². The highest BCUT2D eigenvalue weighted by Gasteiger charge is 2.45. The first-order valence-corrected chi connectivity index (χ1v) is 7.28. The number of phenols is 2. The molecule has 1 saturated heterocycles. The van der Waals surface area contributed by atoms with Crippen LogP contribution in [0.4, 0.5) is 0 Å². The largest absolute Gasteiger partial charge is 0.508 e. The molecule has 1 aliphatic rings. The van der Waals surface area contributed by atoms with Crippen molar-refractivity contribution in [1.29, 1.82) is 0 Å². The van der Waals surface area contributed by atoms with Crippen LogP contribution in [0.5, 0.6) is 17.2 Å². The van der Waals surface area contributed by atoms with Gasteiger partial charge in [0.2, 0.25) is 17.5 Å². The van der Waals surface area contributed by atoms with E-state index >= 15 is 0 Å². The Morgan fingerprint density at radius 2 is 1.80 bits per heavy atom. The van der Waals surface area contributed by atoms with Crippen molar-refractivity contribution in [3.05, 3.63) is 28.6 Å². The summed E-state index contributed by atoms with van der Waals surface area (Å²) in [5.74, 6) is -1.29. The van der Waals surface area contributed by atoms with Crippen LogP contribution in [-0.4, -0.2) is 68.0 Å². The molecule has 0 aliphatic carbocycles. The lowest BCUT2D eigenvalue weighted by Gasteiger charge is -2.39. The predicted octanol–water partition coefficient (Wildman–Crippen LogP) is -1.62. The highest BCUT2D eigenvalue weighted by molar-refractivity contribution is 5.85. The second-order valence-electron chi connectivity index (χ2n) is 5.58. The van der Waals surface area contributed by atoms with Crippen LogP contribution in [0.1, 0.15) is 0 Å². The van der Waals surface area contributed by atoms with Crippen LogP contribution < -0.4 is 10.2 Å².